The first-order valence-electron chi connectivity index (χ1n) is 3.35. The van der Waals surface area contributed by atoms with Gasteiger partial charge in [0.15, 0.2) is 0 Å². The van der Waals surface area contributed by atoms with Gasteiger partial charge in [-0.15, -0.1) is 6.42 Å². The molecule has 0 unspecified atom stereocenters. The van der Waals surface area contributed by atoms with Gasteiger partial charge in [-0.05, 0) is 19.4 Å². The Hall–Kier alpha value is -1.49. The molecule has 56 valence electrons. The molecule has 2 heteroatoms. The molecule has 1 rings (SSSR count). The third-order valence-electron chi connectivity index (χ3n) is 1.74. The standard InChI is InChI=1S/C9H10N2/c1-4-8-5-11-7(3)9(10)6(8)2/h1,5H,10H2,2-3H3. The number of nitrogens with zero attached hydrogens (tertiary/aromatic N) is 1. The number of rotatable bonds is 0. The smallest absolute Gasteiger partial charge is 0.0605 e. The third-order valence-corrected chi connectivity index (χ3v) is 1.74. The second-order valence-corrected chi connectivity index (χ2v) is 2.44. The lowest BCUT2D eigenvalue weighted by atomic mass is 10.1. The van der Waals surface area contributed by atoms with E-state index in [4.69, 9.17) is 12.2 Å². The average Bonchev–Trinajstić information content (AvgIpc) is 2.01. The van der Waals surface area contributed by atoms with Crippen LogP contribution in [0.3, 0.4) is 0 Å². The third kappa shape index (κ3) is 1.18. The highest BCUT2D eigenvalue weighted by Gasteiger charge is 2.01. The maximum atomic E-state index is 5.70. The zero-order chi connectivity index (χ0) is 8.43. The number of hydrogen-bond donors (Lipinski definition) is 1. The molecule has 0 amide bonds. The van der Waals surface area contributed by atoms with Gasteiger partial charge < -0.3 is 5.73 Å². The minimum absolute atomic E-state index is 0.695. The zero-order valence-corrected chi connectivity index (χ0v) is 6.68. The van der Waals surface area contributed by atoms with Gasteiger partial charge in [0.1, 0.15) is 0 Å². The summed E-state index contributed by atoms with van der Waals surface area (Å²) in [4.78, 5) is 4.04. The molecule has 0 radical (unpaired) electrons. The Morgan fingerprint density at radius 1 is 1.55 bits per heavy atom. The summed E-state index contributed by atoms with van der Waals surface area (Å²) in [5.41, 5.74) is 8.95. The van der Waals surface area contributed by atoms with Crippen LogP contribution < -0.4 is 5.73 Å². The van der Waals surface area contributed by atoms with Crippen LogP contribution in [-0.4, -0.2) is 4.98 Å². The van der Waals surface area contributed by atoms with E-state index in [-0.39, 0.29) is 0 Å². The predicted octanol–water partition coefficient (Wildman–Crippen LogP) is 1.26. The van der Waals surface area contributed by atoms with Crippen molar-refractivity contribution in [3.8, 4) is 12.3 Å². The van der Waals surface area contributed by atoms with E-state index in [1.54, 1.807) is 6.20 Å². The van der Waals surface area contributed by atoms with Gasteiger partial charge in [0.2, 0.25) is 0 Å². The van der Waals surface area contributed by atoms with E-state index in [1.165, 1.54) is 0 Å². The first-order chi connectivity index (χ1) is 5.16. The average molecular weight is 146 g/mol. The van der Waals surface area contributed by atoms with E-state index < -0.39 is 0 Å². The first-order valence-corrected chi connectivity index (χ1v) is 3.35. The van der Waals surface area contributed by atoms with E-state index in [1.807, 2.05) is 13.8 Å². The largest absolute Gasteiger partial charge is 0.397 e. The highest BCUT2D eigenvalue weighted by Crippen LogP contribution is 2.16. The molecule has 0 bridgehead atoms. The molecule has 0 aliphatic heterocycles. The van der Waals surface area contributed by atoms with Crippen molar-refractivity contribution in [2.45, 2.75) is 13.8 Å². The summed E-state index contributed by atoms with van der Waals surface area (Å²) in [5, 5.41) is 0. The summed E-state index contributed by atoms with van der Waals surface area (Å²) in [5.74, 6) is 2.52. The van der Waals surface area contributed by atoms with E-state index in [9.17, 15) is 0 Å². The molecule has 1 aromatic rings. The number of aryl methyl sites for hydroxylation is 1. The molecule has 2 nitrogen and oxygen atoms in total. The number of nitrogen functional groups attached to an aromatic ring is 1. The van der Waals surface area contributed by atoms with Gasteiger partial charge in [0, 0.05) is 11.8 Å². The van der Waals surface area contributed by atoms with Crippen LogP contribution in [0.5, 0.6) is 0 Å². The first kappa shape index (κ1) is 7.62. The van der Waals surface area contributed by atoms with Crippen LogP contribution in [-0.2, 0) is 0 Å². The summed E-state index contributed by atoms with van der Waals surface area (Å²) in [6, 6.07) is 0. The normalized spacial score (nSPS) is 9.18. The molecule has 0 aliphatic rings. The quantitative estimate of drug-likeness (QED) is 0.560. The van der Waals surface area contributed by atoms with Gasteiger partial charge >= 0.3 is 0 Å². The van der Waals surface area contributed by atoms with Crippen LogP contribution in [0.1, 0.15) is 16.8 Å². The van der Waals surface area contributed by atoms with Gasteiger partial charge in [-0.25, -0.2) is 0 Å². The maximum absolute atomic E-state index is 5.70. The summed E-state index contributed by atoms with van der Waals surface area (Å²) in [6.45, 7) is 3.77. The number of nitrogens with two attached hydrogens (primary N) is 1. The predicted molar refractivity (Wildman–Crippen MR) is 46.1 cm³/mol. The van der Waals surface area contributed by atoms with Crippen LogP contribution in [0.2, 0.25) is 0 Å². The van der Waals surface area contributed by atoms with E-state index in [0.29, 0.717) is 5.69 Å². The SMILES string of the molecule is C#Cc1cnc(C)c(N)c1C. The van der Waals surface area contributed by atoms with Crippen molar-refractivity contribution in [2.75, 3.05) is 5.73 Å². The molecule has 0 spiro atoms. The van der Waals surface area contributed by atoms with Crippen LogP contribution >= 0.6 is 0 Å². The monoisotopic (exact) mass is 146 g/mol. The van der Waals surface area contributed by atoms with Crippen molar-refractivity contribution in [3.63, 3.8) is 0 Å². The Labute approximate surface area is 66.4 Å². The van der Waals surface area contributed by atoms with Crippen LogP contribution in [0, 0.1) is 26.2 Å². The Morgan fingerprint density at radius 2 is 2.18 bits per heavy atom. The van der Waals surface area contributed by atoms with E-state index in [0.717, 1.165) is 16.8 Å². The maximum Gasteiger partial charge on any atom is 0.0605 e. The van der Waals surface area contributed by atoms with Gasteiger partial charge in [-0.1, -0.05) is 5.92 Å². The molecule has 2 N–H and O–H groups in total. The van der Waals surface area contributed by atoms with Crippen LogP contribution in [0.25, 0.3) is 0 Å². The highest BCUT2D eigenvalue weighted by atomic mass is 14.7. The molecule has 0 saturated carbocycles. The molecule has 0 aromatic carbocycles. The molecular weight excluding hydrogens is 136 g/mol. The zero-order valence-electron chi connectivity index (χ0n) is 6.68. The van der Waals surface area contributed by atoms with Crippen molar-refractivity contribution >= 4 is 5.69 Å². The molecule has 0 aliphatic carbocycles. The fraction of sp³-hybridized carbons (Fsp3) is 0.222. The number of hydrogen-bond acceptors (Lipinski definition) is 2. The lowest BCUT2D eigenvalue weighted by Crippen LogP contribution is -1.98. The highest BCUT2D eigenvalue weighted by molar-refractivity contribution is 5.56. The minimum Gasteiger partial charge on any atom is -0.397 e. The Balaban J connectivity index is 3.40. The fourth-order valence-electron chi connectivity index (χ4n) is 0.890. The van der Waals surface area contributed by atoms with Crippen molar-refractivity contribution in [1.82, 2.24) is 4.98 Å². The van der Waals surface area contributed by atoms with E-state index >= 15 is 0 Å². The summed E-state index contributed by atoms with van der Waals surface area (Å²) < 4.78 is 0. The van der Waals surface area contributed by atoms with Crippen LogP contribution in [0.4, 0.5) is 5.69 Å². The molecular formula is C9H10N2. The Kier molecular flexibility index (Phi) is 1.82. The second kappa shape index (κ2) is 2.63. The van der Waals surface area contributed by atoms with E-state index in [2.05, 4.69) is 10.9 Å². The lowest BCUT2D eigenvalue weighted by Gasteiger charge is -2.04. The van der Waals surface area contributed by atoms with Crippen LogP contribution in [0.15, 0.2) is 6.20 Å². The minimum atomic E-state index is 0.695. The fourth-order valence-corrected chi connectivity index (χ4v) is 0.890. The molecule has 11 heavy (non-hydrogen) atoms. The number of aromatic nitrogens is 1. The van der Waals surface area contributed by atoms with Crippen molar-refractivity contribution in [1.29, 1.82) is 0 Å². The summed E-state index contributed by atoms with van der Waals surface area (Å²) >= 11 is 0. The summed E-state index contributed by atoms with van der Waals surface area (Å²) in [7, 11) is 0. The Morgan fingerprint density at radius 3 is 2.73 bits per heavy atom. The number of terminal acetylenes is 1. The second-order valence-electron chi connectivity index (χ2n) is 2.44. The number of anilines is 1. The Bertz CT molecular complexity index is 321. The molecule has 1 heterocycles. The van der Waals surface area contributed by atoms with Crippen molar-refractivity contribution in [3.05, 3.63) is 23.0 Å². The summed E-state index contributed by atoms with van der Waals surface area (Å²) in [6.07, 6.45) is 6.89. The topological polar surface area (TPSA) is 38.9 Å². The van der Waals surface area contributed by atoms with Gasteiger partial charge in [-0.3, -0.25) is 4.98 Å². The molecule has 0 atom stereocenters. The molecule has 0 fully saturated rings. The molecule has 1 aromatic heterocycles. The van der Waals surface area contributed by atoms with Crippen molar-refractivity contribution in [2.24, 2.45) is 0 Å². The van der Waals surface area contributed by atoms with Gasteiger partial charge in [-0.2, -0.15) is 0 Å². The lowest BCUT2D eigenvalue weighted by molar-refractivity contribution is 1.17. The number of pyridine rings is 1. The molecule has 0 saturated heterocycles. The van der Waals surface area contributed by atoms with Crippen molar-refractivity contribution < 1.29 is 0 Å². The van der Waals surface area contributed by atoms with Gasteiger partial charge in [0.05, 0.1) is 11.4 Å². The van der Waals surface area contributed by atoms with Gasteiger partial charge in [0.25, 0.3) is 0 Å².